The van der Waals surface area contributed by atoms with Gasteiger partial charge >= 0.3 is 0 Å². The van der Waals surface area contributed by atoms with Crippen molar-refractivity contribution in [2.24, 2.45) is 0 Å². The molecule has 0 spiro atoms. The van der Waals surface area contributed by atoms with Gasteiger partial charge in [-0.1, -0.05) is 45.0 Å². The third kappa shape index (κ3) is 3.91. The van der Waals surface area contributed by atoms with Crippen molar-refractivity contribution in [3.63, 3.8) is 0 Å². The van der Waals surface area contributed by atoms with E-state index in [-0.39, 0.29) is 16.4 Å². The Morgan fingerprint density at radius 1 is 1.12 bits per heavy atom. The third-order valence-corrected chi connectivity index (χ3v) is 6.96. The van der Waals surface area contributed by atoms with E-state index >= 15 is 0 Å². The number of benzene rings is 2. The van der Waals surface area contributed by atoms with Gasteiger partial charge in [0.25, 0.3) is 0 Å². The van der Waals surface area contributed by atoms with E-state index in [0.29, 0.717) is 28.3 Å². The van der Waals surface area contributed by atoms with Gasteiger partial charge in [-0.25, -0.2) is 8.42 Å². The van der Waals surface area contributed by atoms with Gasteiger partial charge in [-0.05, 0) is 45.1 Å². The molecule has 3 rings (SSSR count). The second kappa shape index (κ2) is 6.74. The maximum absolute atomic E-state index is 13.3. The van der Waals surface area contributed by atoms with E-state index in [2.05, 4.69) is 15.9 Å². The molecular formula is C19H21BrO4S. The molecular weight excluding hydrogens is 404 g/mol. The first-order chi connectivity index (χ1) is 11.7. The SMILES string of the molecule is CC(C)(C)c1ccccc1S(=O)(=O)c1cccc(OCC2CO2)c1Br. The average Bonchev–Trinajstić information content (AvgIpc) is 3.37. The van der Waals surface area contributed by atoms with Gasteiger partial charge in [-0.3, -0.25) is 0 Å². The fraction of sp³-hybridized carbons (Fsp3) is 0.368. The molecule has 6 heteroatoms. The van der Waals surface area contributed by atoms with Crippen LogP contribution in [-0.4, -0.2) is 27.7 Å². The lowest BCUT2D eigenvalue weighted by Crippen LogP contribution is -2.17. The average molecular weight is 425 g/mol. The highest BCUT2D eigenvalue weighted by atomic mass is 79.9. The molecule has 0 saturated carbocycles. The van der Waals surface area contributed by atoms with Crippen molar-refractivity contribution in [3.05, 3.63) is 52.5 Å². The molecule has 0 amide bonds. The van der Waals surface area contributed by atoms with Crippen LogP contribution in [0.15, 0.2) is 56.7 Å². The highest BCUT2D eigenvalue weighted by Crippen LogP contribution is 2.38. The van der Waals surface area contributed by atoms with Gasteiger partial charge in [0.2, 0.25) is 9.84 Å². The van der Waals surface area contributed by atoms with Crippen LogP contribution in [0.1, 0.15) is 26.3 Å². The summed E-state index contributed by atoms with van der Waals surface area (Å²) in [5.74, 6) is 0.504. The number of hydrogen-bond donors (Lipinski definition) is 0. The first kappa shape index (κ1) is 18.4. The molecule has 1 aliphatic heterocycles. The number of ether oxygens (including phenoxy) is 2. The van der Waals surface area contributed by atoms with Gasteiger partial charge in [-0.2, -0.15) is 0 Å². The number of halogens is 1. The molecule has 134 valence electrons. The maximum atomic E-state index is 13.3. The Labute approximate surface area is 157 Å². The molecule has 0 aromatic heterocycles. The summed E-state index contributed by atoms with van der Waals surface area (Å²) >= 11 is 3.41. The minimum absolute atomic E-state index is 0.105. The number of rotatable bonds is 5. The lowest BCUT2D eigenvalue weighted by Gasteiger charge is -2.23. The standard InChI is InChI=1S/C19H21BrO4S/c1-19(2,3)14-7-4-5-9-16(14)25(21,22)17-10-6-8-15(18(17)20)24-12-13-11-23-13/h4-10,13H,11-12H2,1-3H3. The largest absolute Gasteiger partial charge is 0.490 e. The zero-order chi connectivity index (χ0) is 18.2. The Kier molecular flexibility index (Phi) is 4.97. The van der Waals surface area contributed by atoms with Crippen LogP contribution in [-0.2, 0) is 20.0 Å². The Hall–Kier alpha value is -1.37. The van der Waals surface area contributed by atoms with Gasteiger partial charge in [0.1, 0.15) is 18.5 Å². The smallest absolute Gasteiger partial charge is 0.208 e. The predicted molar refractivity (Wildman–Crippen MR) is 100.0 cm³/mol. The predicted octanol–water partition coefficient (Wildman–Crippen LogP) is 4.36. The summed E-state index contributed by atoms with van der Waals surface area (Å²) in [6.45, 7) is 7.12. The first-order valence-electron chi connectivity index (χ1n) is 8.09. The highest BCUT2D eigenvalue weighted by molar-refractivity contribution is 9.10. The molecule has 0 aliphatic carbocycles. The van der Waals surface area contributed by atoms with Gasteiger partial charge in [0, 0.05) is 0 Å². The molecule has 1 unspecified atom stereocenters. The van der Waals surface area contributed by atoms with Crippen LogP contribution in [0.25, 0.3) is 0 Å². The fourth-order valence-electron chi connectivity index (χ4n) is 2.60. The minimum Gasteiger partial charge on any atom is -0.490 e. The van der Waals surface area contributed by atoms with Crippen LogP contribution in [0, 0.1) is 0 Å². The Morgan fingerprint density at radius 2 is 1.76 bits per heavy atom. The Bertz CT molecular complexity index is 881. The molecule has 4 nitrogen and oxygen atoms in total. The second-order valence-corrected chi connectivity index (χ2v) is 9.76. The van der Waals surface area contributed by atoms with Crippen molar-refractivity contribution in [1.29, 1.82) is 0 Å². The van der Waals surface area contributed by atoms with Crippen molar-refractivity contribution < 1.29 is 17.9 Å². The molecule has 2 aromatic rings. The van der Waals surface area contributed by atoms with Gasteiger partial charge in [0.15, 0.2) is 0 Å². The van der Waals surface area contributed by atoms with E-state index in [9.17, 15) is 8.42 Å². The van der Waals surface area contributed by atoms with Crippen LogP contribution in [0.3, 0.4) is 0 Å². The monoisotopic (exact) mass is 424 g/mol. The maximum Gasteiger partial charge on any atom is 0.208 e. The molecule has 1 atom stereocenters. The van der Waals surface area contributed by atoms with E-state index < -0.39 is 9.84 Å². The van der Waals surface area contributed by atoms with Gasteiger partial charge in [-0.15, -0.1) is 0 Å². The zero-order valence-electron chi connectivity index (χ0n) is 14.5. The molecule has 1 aliphatic rings. The van der Waals surface area contributed by atoms with Crippen molar-refractivity contribution >= 4 is 25.8 Å². The Morgan fingerprint density at radius 3 is 2.40 bits per heavy atom. The normalized spacial score (nSPS) is 17.4. The highest BCUT2D eigenvalue weighted by Gasteiger charge is 2.29. The van der Waals surface area contributed by atoms with Crippen LogP contribution in [0.4, 0.5) is 0 Å². The summed E-state index contributed by atoms with van der Waals surface area (Å²) in [5, 5.41) is 0. The summed E-state index contributed by atoms with van der Waals surface area (Å²) in [6, 6.07) is 12.2. The van der Waals surface area contributed by atoms with Crippen LogP contribution < -0.4 is 4.74 Å². The van der Waals surface area contributed by atoms with Crippen molar-refractivity contribution in [2.75, 3.05) is 13.2 Å². The summed E-state index contributed by atoms with van der Waals surface area (Å²) in [5.41, 5.74) is 0.507. The minimum atomic E-state index is -3.69. The number of epoxide rings is 1. The topological polar surface area (TPSA) is 55.9 Å². The zero-order valence-corrected chi connectivity index (χ0v) is 16.9. The lowest BCUT2D eigenvalue weighted by molar-refractivity contribution is 0.261. The summed E-state index contributed by atoms with van der Waals surface area (Å²) < 4.78 is 37.9. The molecule has 2 aromatic carbocycles. The van der Waals surface area contributed by atoms with E-state index in [0.717, 1.165) is 5.56 Å². The third-order valence-electron chi connectivity index (χ3n) is 4.03. The lowest BCUT2D eigenvalue weighted by atomic mass is 9.87. The van der Waals surface area contributed by atoms with E-state index in [1.54, 1.807) is 30.3 Å². The molecule has 1 saturated heterocycles. The van der Waals surface area contributed by atoms with Gasteiger partial charge in [0.05, 0.1) is 20.9 Å². The molecule has 1 heterocycles. The van der Waals surface area contributed by atoms with Crippen molar-refractivity contribution in [2.45, 2.75) is 42.1 Å². The number of hydrogen-bond acceptors (Lipinski definition) is 4. The van der Waals surface area contributed by atoms with Gasteiger partial charge < -0.3 is 9.47 Å². The van der Waals surface area contributed by atoms with E-state index in [1.165, 1.54) is 0 Å². The van der Waals surface area contributed by atoms with Crippen LogP contribution in [0.5, 0.6) is 5.75 Å². The van der Waals surface area contributed by atoms with E-state index in [4.69, 9.17) is 9.47 Å². The summed E-state index contributed by atoms with van der Waals surface area (Å²) in [4.78, 5) is 0.532. The summed E-state index contributed by atoms with van der Waals surface area (Å²) in [6.07, 6.45) is 0.105. The van der Waals surface area contributed by atoms with Crippen molar-refractivity contribution in [3.8, 4) is 5.75 Å². The van der Waals surface area contributed by atoms with Crippen LogP contribution >= 0.6 is 15.9 Å². The number of sulfone groups is 1. The molecule has 0 N–H and O–H groups in total. The van der Waals surface area contributed by atoms with Crippen LogP contribution in [0.2, 0.25) is 0 Å². The van der Waals surface area contributed by atoms with E-state index in [1.807, 2.05) is 32.9 Å². The second-order valence-electron chi connectivity index (χ2n) is 7.08. The molecule has 25 heavy (non-hydrogen) atoms. The molecule has 0 radical (unpaired) electrons. The fourth-order valence-corrected chi connectivity index (χ4v) is 5.37. The van der Waals surface area contributed by atoms with Crippen molar-refractivity contribution in [1.82, 2.24) is 0 Å². The first-order valence-corrected chi connectivity index (χ1v) is 10.4. The summed E-state index contributed by atoms with van der Waals surface area (Å²) in [7, 11) is -3.69. The molecule has 1 fully saturated rings. The Balaban J connectivity index is 2.05. The molecule has 0 bridgehead atoms. The quantitative estimate of drug-likeness (QED) is 0.669.